The number of hydrogen-bond acceptors (Lipinski definition) is 5. The maximum atomic E-state index is 12.1. The molecule has 0 fully saturated rings. The van der Waals surface area contributed by atoms with E-state index in [0.717, 1.165) is 29.2 Å². The van der Waals surface area contributed by atoms with E-state index in [1.165, 1.54) is 0 Å². The van der Waals surface area contributed by atoms with Crippen LogP contribution in [0, 0.1) is 6.92 Å². The van der Waals surface area contributed by atoms with E-state index in [4.69, 9.17) is 0 Å². The molecule has 0 saturated heterocycles. The first-order chi connectivity index (χ1) is 9.70. The molecule has 2 heterocycles. The first-order valence-electron chi connectivity index (χ1n) is 6.57. The lowest BCUT2D eigenvalue weighted by Gasteiger charge is -2.07. The maximum Gasteiger partial charge on any atom is 0.270 e. The molecule has 0 bridgehead atoms. The fraction of sp³-hybridized carbons (Fsp3) is 0.357. The molecule has 0 aliphatic rings. The number of anilines is 1. The molecule has 0 unspecified atom stereocenters. The van der Waals surface area contributed by atoms with E-state index in [1.807, 2.05) is 13.0 Å². The lowest BCUT2D eigenvalue weighted by Crippen LogP contribution is -2.23. The van der Waals surface area contributed by atoms with Crippen LogP contribution in [-0.4, -0.2) is 22.4 Å². The number of nitrogens with one attached hydrogen (secondary N) is 2. The average Bonchev–Trinajstić information content (AvgIpc) is 2.88. The molecule has 2 N–H and O–H groups in total. The van der Waals surface area contributed by atoms with Gasteiger partial charge in [-0.15, -0.1) is 11.3 Å². The van der Waals surface area contributed by atoms with E-state index in [9.17, 15) is 4.79 Å². The molecule has 0 aromatic carbocycles. The van der Waals surface area contributed by atoms with Crippen LogP contribution in [0.5, 0.6) is 0 Å². The van der Waals surface area contributed by atoms with Gasteiger partial charge in [-0.1, -0.05) is 6.92 Å². The first kappa shape index (κ1) is 14.5. The zero-order valence-electron chi connectivity index (χ0n) is 11.6. The molecule has 1 amide bonds. The molecule has 2 rings (SSSR count). The standard InChI is InChI=1S/C14H18N4OS/c1-3-5-15-11-4-6-16-12(7-11)14(19)17-8-13-10(2)18-9-20-13/h4,6-7,9H,3,5,8H2,1-2H3,(H,15,16)(H,17,19). The topological polar surface area (TPSA) is 66.9 Å². The molecule has 0 saturated carbocycles. The minimum Gasteiger partial charge on any atom is -0.385 e. The van der Waals surface area contributed by atoms with Crippen LogP contribution in [0.4, 0.5) is 5.69 Å². The van der Waals surface area contributed by atoms with E-state index in [2.05, 4.69) is 27.5 Å². The summed E-state index contributed by atoms with van der Waals surface area (Å²) in [5.41, 5.74) is 4.08. The Balaban J connectivity index is 1.96. The number of amides is 1. The second-order valence-corrected chi connectivity index (χ2v) is 5.34. The van der Waals surface area contributed by atoms with Crippen molar-refractivity contribution in [2.24, 2.45) is 0 Å². The van der Waals surface area contributed by atoms with Crippen LogP contribution in [0.25, 0.3) is 0 Å². The highest BCUT2D eigenvalue weighted by Crippen LogP contribution is 2.12. The number of rotatable bonds is 6. The lowest BCUT2D eigenvalue weighted by molar-refractivity contribution is 0.0946. The van der Waals surface area contributed by atoms with Gasteiger partial charge in [-0.2, -0.15) is 0 Å². The van der Waals surface area contributed by atoms with Gasteiger partial charge in [0.05, 0.1) is 17.7 Å². The van der Waals surface area contributed by atoms with Crippen LogP contribution in [0.1, 0.15) is 34.4 Å². The van der Waals surface area contributed by atoms with Gasteiger partial charge in [0.2, 0.25) is 0 Å². The van der Waals surface area contributed by atoms with Crippen LogP contribution in [-0.2, 0) is 6.54 Å². The zero-order valence-corrected chi connectivity index (χ0v) is 12.5. The largest absolute Gasteiger partial charge is 0.385 e. The van der Waals surface area contributed by atoms with Crippen LogP contribution in [0.2, 0.25) is 0 Å². The van der Waals surface area contributed by atoms with Crippen LogP contribution in [0.3, 0.4) is 0 Å². The third-order valence-electron chi connectivity index (χ3n) is 2.83. The van der Waals surface area contributed by atoms with Crippen molar-refractivity contribution in [2.45, 2.75) is 26.8 Å². The van der Waals surface area contributed by atoms with Crippen molar-refractivity contribution < 1.29 is 4.79 Å². The van der Waals surface area contributed by atoms with Gasteiger partial charge in [0.1, 0.15) is 5.69 Å². The Hall–Kier alpha value is -1.95. The van der Waals surface area contributed by atoms with Gasteiger partial charge < -0.3 is 10.6 Å². The van der Waals surface area contributed by atoms with E-state index < -0.39 is 0 Å². The molecule has 2 aromatic heterocycles. The van der Waals surface area contributed by atoms with Crippen molar-refractivity contribution >= 4 is 22.9 Å². The Labute approximate surface area is 122 Å². The van der Waals surface area contributed by atoms with Crippen molar-refractivity contribution in [3.63, 3.8) is 0 Å². The van der Waals surface area contributed by atoms with Crippen molar-refractivity contribution in [1.29, 1.82) is 0 Å². The highest BCUT2D eigenvalue weighted by Gasteiger charge is 2.09. The summed E-state index contributed by atoms with van der Waals surface area (Å²) in [6.45, 7) is 5.40. The maximum absolute atomic E-state index is 12.1. The van der Waals surface area contributed by atoms with Gasteiger partial charge in [0.15, 0.2) is 0 Å². The number of hydrogen-bond donors (Lipinski definition) is 2. The highest BCUT2D eigenvalue weighted by atomic mass is 32.1. The monoisotopic (exact) mass is 290 g/mol. The highest BCUT2D eigenvalue weighted by molar-refractivity contribution is 7.09. The number of nitrogens with zero attached hydrogens (tertiary/aromatic N) is 2. The number of pyridine rings is 1. The van der Waals surface area contributed by atoms with Crippen molar-refractivity contribution in [3.05, 3.63) is 40.1 Å². The Morgan fingerprint density at radius 1 is 1.40 bits per heavy atom. The summed E-state index contributed by atoms with van der Waals surface area (Å²) in [7, 11) is 0. The summed E-state index contributed by atoms with van der Waals surface area (Å²) in [6.07, 6.45) is 2.68. The predicted octanol–water partition coefficient (Wildman–Crippen LogP) is 2.60. The van der Waals surface area contributed by atoms with Gasteiger partial charge in [-0.05, 0) is 25.5 Å². The smallest absolute Gasteiger partial charge is 0.270 e. The van der Waals surface area contributed by atoms with Crippen LogP contribution < -0.4 is 10.6 Å². The molecule has 0 aliphatic heterocycles. The average molecular weight is 290 g/mol. The summed E-state index contributed by atoms with van der Waals surface area (Å²) >= 11 is 1.54. The third kappa shape index (κ3) is 3.77. The molecule has 2 aromatic rings. The Morgan fingerprint density at radius 2 is 2.25 bits per heavy atom. The van der Waals surface area contributed by atoms with Crippen molar-refractivity contribution in [2.75, 3.05) is 11.9 Å². The van der Waals surface area contributed by atoms with Gasteiger partial charge >= 0.3 is 0 Å². The Morgan fingerprint density at radius 3 is 2.95 bits per heavy atom. The van der Waals surface area contributed by atoms with E-state index >= 15 is 0 Å². The molecular weight excluding hydrogens is 272 g/mol. The number of aryl methyl sites for hydroxylation is 1. The molecule has 5 nitrogen and oxygen atoms in total. The molecule has 0 radical (unpaired) electrons. The lowest BCUT2D eigenvalue weighted by atomic mass is 10.3. The summed E-state index contributed by atoms with van der Waals surface area (Å²) in [5.74, 6) is -0.169. The fourth-order valence-electron chi connectivity index (χ4n) is 1.68. The van der Waals surface area contributed by atoms with E-state index in [-0.39, 0.29) is 5.91 Å². The summed E-state index contributed by atoms with van der Waals surface area (Å²) in [6, 6.07) is 3.63. The summed E-state index contributed by atoms with van der Waals surface area (Å²) in [4.78, 5) is 21.4. The van der Waals surface area contributed by atoms with E-state index in [1.54, 1.807) is 29.1 Å². The Kier molecular flexibility index (Phi) is 5.06. The van der Waals surface area contributed by atoms with Gasteiger partial charge in [-0.3, -0.25) is 9.78 Å². The summed E-state index contributed by atoms with van der Waals surface area (Å²) < 4.78 is 0. The minimum atomic E-state index is -0.169. The second kappa shape index (κ2) is 7.00. The van der Waals surface area contributed by atoms with Crippen molar-refractivity contribution in [3.8, 4) is 0 Å². The quantitative estimate of drug-likeness (QED) is 0.858. The van der Waals surface area contributed by atoms with Crippen LogP contribution >= 0.6 is 11.3 Å². The van der Waals surface area contributed by atoms with Gasteiger partial charge in [-0.25, -0.2) is 4.98 Å². The third-order valence-corrected chi connectivity index (χ3v) is 3.76. The molecule has 0 atom stereocenters. The number of aromatic nitrogens is 2. The van der Waals surface area contributed by atoms with Crippen molar-refractivity contribution in [1.82, 2.24) is 15.3 Å². The molecule has 0 spiro atoms. The first-order valence-corrected chi connectivity index (χ1v) is 7.45. The molecule has 6 heteroatoms. The minimum absolute atomic E-state index is 0.169. The normalized spacial score (nSPS) is 10.3. The number of thiazole rings is 1. The molecule has 106 valence electrons. The second-order valence-electron chi connectivity index (χ2n) is 4.40. The molecular formula is C14H18N4OS. The van der Waals surface area contributed by atoms with Gasteiger partial charge in [0.25, 0.3) is 5.91 Å². The Bertz CT molecular complexity index is 582. The molecule has 20 heavy (non-hydrogen) atoms. The number of carbonyl (C=O) groups excluding carboxylic acids is 1. The van der Waals surface area contributed by atoms with Crippen LogP contribution in [0.15, 0.2) is 23.8 Å². The molecule has 0 aliphatic carbocycles. The number of carbonyl (C=O) groups is 1. The fourth-order valence-corrected chi connectivity index (χ4v) is 2.40. The zero-order chi connectivity index (χ0) is 14.4. The summed E-state index contributed by atoms with van der Waals surface area (Å²) in [5, 5.41) is 6.11. The van der Waals surface area contributed by atoms with E-state index in [0.29, 0.717) is 12.2 Å². The van der Waals surface area contributed by atoms with Gasteiger partial charge in [0, 0.05) is 23.3 Å². The SMILES string of the molecule is CCCNc1ccnc(C(=O)NCc2scnc2C)c1. The predicted molar refractivity (Wildman–Crippen MR) is 81.0 cm³/mol.